The van der Waals surface area contributed by atoms with Crippen LogP contribution in [0.5, 0.6) is 5.75 Å². The van der Waals surface area contributed by atoms with Gasteiger partial charge >= 0.3 is 0 Å². The minimum atomic E-state index is 0.110. The molecule has 0 fully saturated rings. The second-order valence-corrected chi connectivity index (χ2v) is 6.51. The Morgan fingerprint density at radius 1 is 0.821 bits per heavy atom. The van der Waals surface area contributed by atoms with Crippen LogP contribution < -0.4 is 15.4 Å². The molecule has 0 aliphatic heterocycles. The lowest BCUT2D eigenvalue weighted by atomic mass is 10.1. The van der Waals surface area contributed by atoms with E-state index in [0.29, 0.717) is 5.95 Å². The van der Waals surface area contributed by atoms with Crippen LogP contribution in [0.15, 0.2) is 78.9 Å². The number of benzene rings is 3. The predicted molar refractivity (Wildman–Crippen MR) is 114 cm³/mol. The Labute approximate surface area is 164 Å². The molecular weight excluding hydrogens is 348 g/mol. The molecule has 28 heavy (non-hydrogen) atoms. The van der Waals surface area contributed by atoms with Crippen molar-refractivity contribution in [1.82, 2.24) is 9.97 Å². The predicted octanol–water partition coefficient (Wildman–Crippen LogP) is 5.56. The van der Waals surface area contributed by atoms with E-state index in [1.54, 1.807) is 7.11 Å². The largest absolute Gasteiger partial charge is 0.495 e. The van der Waals surface area contributed by atoms with Gasteiger partial charge in [-0.2, -0.15) is 4.98 Å². The van der Waals surface area contributed by atoms with Gasteiger partial charge in [0.2, 0.25) is 5.95 Å². The minimum Gasteiger partial charge on any atom is -0.495 e. The topological polar surface area (TPSA) is 59.1 Å². The van der Waals surface area contributed by atoms with Gasteiger partial charge < -0.3 is 15.4 Å². The molecule has 0 saturated heterocycles. The van der Waals surface area contributed by atoms with E-state index in [2.05, 4.69) is 34.7 Å². The van der Waals surface area contributed by atoms with Crippen molar-refractivity contribution < 1.29 is 4.74 Å². The quantitative estimate of drug-likeness (QED) is 0.466. The summed E-state index contributed by atoms with van der Waals surface area (Å²) in [5, 5.41) is 7.80. The monoisotopic (exact) mass is 370 g/mol. The molecule has 1 heterocycles. The van der Waals surface area contributed by atoms with Gasteiger partial charge in [-0.3, -0.25) is 0 Å². The standard InChI is InChI=1S/C23H22N4O/c1-16(17-10-4-3-5-11-17)24-22-18-12-6-7-13-19(18)25-23(27-22)26-20-14-8-9-15-21(20)28-2/h3-16H,1-2H3,(H2,24,25,26,27). The molecule has 0 saturated carbocycles. The molecule has 1 unspecified atom stereocenters. The molecule has 0 aliphatic rings. The third kappa shape index (κ3) is 3.74. The Bertz CT molecular complexity index is 1080. The summed E-state index contributed by atoms with van der Waals surface area (Å²) in [6, 6.07) is 26.1. The molecule has 5 nitrogen and oxygen atoms in total. The minimum absolute atomic E-state index is 0.110. The van der Waals surface area contributed by atoms with E-state index in [0.717, 1.165) is 28.2 Å². The fourth-order valence-electron chi connectivity index (χ4n) is 3.14. The molecule has 0 bridgehead atoms. The van der Waals surface area contributed by atoms with E-state index >= 15 is 0 Å². The van der Waals surface area contributed by atoms with Crippen LogP contribution >= 0.6 is 0 Å². The third-order valence-electron chi connectivity index (χ3n) is 4.61. The van der Waals surface area contributed by atoms with E-state index < -0.39 is 0 Å². The number of para-hydroxylation sites is 3. The molecule has 0 radical (unpaired) electrons. The highest BCUT2D eigenvalue weighted by Gasteiger charge is 2.12. The normalized spacial score (nSPS) is 11.8. The van der Waals surface area contributed by atoms with Crippen LogP contribution in [0, 0.1) is 0 Å². The maximum Gasteiger partial charge on any atom is 0.229 e. The molecule has 4 rings (SSSR count). The van der Waals surface area contributed by atoms with Crippen LogP contribution in [-0.2, 0) is 0 Å². The lowest BCUT2D eigenvalue weighted by molar-refractivity contribution is 0.417. The van der Waals surface area contributed by atoms with Crippen LogP contribution in [0.4, 0.5) is 17.5 Å². The number of anilines is 3. The lowest BCUT2D eigenvalue weighted by Gasteiger charge is -2.18. The van der Waals surface area contributed by atoms with Crippen molar-refractivity contribution in [2.75, 3.05) is 17.7 Å². The van der Waals surface area contributed by atoms with E-state index in [9.17, 15) is 0 Å². The van der Waals surface area contributed by atoms with Crippen molar-refractivity contribution in [3.63, 3.8) is 0 Å². The first-order valence-electron chi connectivity index (χ1n) is 9.23. The molecule has 4 aromatic rings. The highest BCUT2D eigenvalue weighted by molar-refractivity contribution is 5.90. The maximum atomic E-state index is 5.42. The van der Waals surface area contributed by atoms with Gasteiger partial charge in [0.05, 0.1) is 18.3 Å². The lowest BCUT2D eigenvalue weighted by Crippen LogP contribution is -2.10. The summed E-state index contributed by atoms with van der Waals surface area (Å²) in [5.74, 6) is 2.05. The first kappa shape index (κ1) is 17.8. The molecule has 1 aromatic heterocycles. The average Bonchev–Trinajstić information content (AvgIpc) is 2.75. The number of rotatable bonds is 6. The third-order valence-corrected chi connectivity index (χ3v) is 4.61. The zero-order valence-corrected chi connectivity index (χ0v) is 15.9. The molecule has 5 heteroatoms. The Hall–Kier alpha value is -3.60. The Kier molecular flexibility index (Phi) is 5.06. The fourth-order valence-corrected chi connectivity index (χ4v) is 3.14. The molecule has 1 atom stereocenters. The van der Waals surface area contributed by atoms with Crippen molar-refractivity contribution in [2.24, 2.45) is 0 Å². The zero-order valence-electron chi connectivity index (χ0n) is 15.9. The van der Waals surface area contributed by atoms with Gasteiger partial charge in [-0.1, -0.05) is 54.6 Å². The number of nitrogens with zero attached hydrogens (tertiary/aromatic N) is 2. The number of ether oxygens (including phenoxy) is 1. The van der Waals surface area contributed by atoms with Crippen LogP contribution in [0.1, 0.15) is 18.5 Å². The summed E-state index contributed by atoms with van der Waals surface area (Å²) < 4.78 is 5.42. The Morgan fingerprint density at radius 2 is 1.54 bits per heavy atom. The van der Waals surface area contributed by atoms with Gasteiger partial charge in [-0.05, 0) is 36.8 Å². The fraction of sp³-hybridized carbons (Fsp3) is 0.130. The summed E-state index contributed by atoms with van der Waals surface area (Å²) >= 11 is 0. The number of hydrogen-bond donors (Lipinski definition) is 2. The van der Waals surface area contributed by atoms with Crippen LogP contribution in [-0.4, -0.2) is 17.1 Å². The van der Waals surface area contributed by atoms with Crippen LogP contribution in [0.2, 0.25) is 0 Å². The smallest absolute Gasteiger partial charge is 0.229 e. The molecule has 0 aliphatic carbocycles. The second-order valence-electron chi connectivity index (χ2n) is 6.51. The van der Waals surface area contributed by atoms with Gasteiger partial charge in [-0.15, -0.1) is 0 Å². The van der Waals surface area contributed by atoms with Crippen molar-refractivity contribution in [3.8, 4) is 5.75 Å². The SMILES string of the molecule is COc1ccccc1Nc1nc(NC(C)c2ccccc2)c2ccccc2n1. The maximum absolute atomic E-state index is 5.42. The first-order valence-corrected chi connectivity index (χ1v) is 9.23. The van der Waals surface area contributed by atoms with E-state index in [4.69, 9.17) is 9.72 Å². The van der Waals surface area contributed by atoms with E-state index in [-0.39, 0.29) is 6.04 Å². The van der Waals surface area contributed by atoms with Crippen LogP contribution in [0.3, 0.4) is 0 Å². The summed E-state index contributed by atoms with van der Waals surface area (Å²) in [7, 11) is 1.65. The highest BCUT2D eigenvalue weighted by atomic mass is 16.5. The first-order chi connectivity index (χ1) is 13.7. The number of aromatic nitrogens is 2. The van der Waals surface area contributed by atoms with Crippen molar-refractivity contribution >= 4 is 28.4 Å². The zero-order chi connectivity index (χ0) is 19.3. The summed E-state index contributed by atoms with van der Waals surface area (Å²) in [4.78, 5) is 9.42. The summed E-state index contributed by atoms with van der Waals surface area (Å²) in [6.45, 7) is 2.12. The molecule has 140 valence electrons. The molecular formula is C23H22N4O. The Morgan fingerprint density at radius 3 is 2.36 bits per heavy atom. The summed E-state index contributed by atoms with van der Waals surface area (Å²) in [5.41, 5.74) is 2.89. The van der Waals surface area contributed by atoms with Crippen molar-refractivity contribution in [3.05, 3.63) is 84.4 Å². The molecule has 3 aromatic carbocycles. The number of fused-ring (bicyclic) bond motifs is 1. The number of hydrogen-bond acceptors (Lipinski definition) is 5. The molecule has 0 amide bonds. The van der Waals surface area contributed by atoms with Crippen molar-refractivity contribution in [2.45, 2.75) is 13.0 Å². The van der Waals surface area contributed by atoms with Gasteiger partial charge in [0.25, 0.3) is 0 Å². The van der Waals surface area contributed by atoms with E-state index in [1.165, 1.54) is 5.56 Å². The second kappa shape index (κ2) is 7.96. The van der Waals surface area contributed by atoms with E-state index in [1.807, 2.05) is 66.7 Å². The average molecular weight is 370 g/mol. The number of nitrogens with one attached hydrogen (secondary N) is 2. The van der Waals surface area contributed by atoms with Gasteiger partial charge in [-0.25, -0.2) is 4.98 Å². The van der Waals surface area contributed by atoms with Crippen molar-refractivity contribution in [1.29, 1.82) is 0 Å². The summed E-state index contributed by atoms with van der Waals surface area (Å²) in [6.07, 6.45) is 0. The van der Waals surface area contributed by atoms with Gasteiger partial charge in [0.15, 0.2) is 0 Å². The highest BCUT2D eigenvalue weighted by Crippen LogP contribution is 2.29. The Balaban J connectivity index is 1.71. The number of methoxy groups -OCH3 is 1. The van der Waals surface area contributed by atoms with Crippen LogP contribution in [0.25, 0.3) is 10.9 Å². The molecule has 0 spiro atoms. The van der Waals surface area contributed by atoms with Gasteiger partial charge in [0, 0.05) is 11.4 Å². The van der Waals surface area contributed by atoms with Gasteiger partial charge in [0.1, 0.15) is 11.6 Å². The molecule has 2 N–H and O–H groups in total.